The average molecular weight is 267 g/mol. The Morgan fingerprint density at radius 2 is 2.20 bits per heavy atom. The van der Waals surface area contributed by atoms with Crippen LogP contribution in [-0.4, -0.2) is 20.4 Å². The summed E-state index contributed by atoms with van der Waals surface area (Å²) >= 11 is 0. The molecule has 0 radical (unpaired) electrons. The summed E-state index contributed by atoms with van der Waals surface area (Å²) in [6.45, 7) is 0.885. The minimum absolute atomic E-state index is 0.240. The van der Waals surface area contributed by atoms with Crippen LogP contribution in [0.25, 0.3) is 0 Å². The second-order valence-corrected chi connectivity index (χ2v) is 4.67. The second-order valence-electron chi connectivity index (χ2n) is 4.67. The number of nitrogens with one attached hydrogen (secondary N) is 1. The van der Waals surface area contributed by atoms with Crippen LogP contribution < -0.4 is 5.32 Å². The van der Waals surface area contributed by atoms with Gasteiger partial charge in [-0.1, -0.05) is 0 Å². The van der Waals surface area contributed by atoms with Gasteiger partial charge in [-0.2, -0.15) is 5.26 Å². The van der Waals surface area contributed by atoms with Gasteiger partial charge >= 0.3 is 0 Å². The number of anilines is 1. The summed E-state index contributed by atoms with van der Waals surface area (Å²) in [4.78, 5) is 20.3. The number of fused-ring (bicyclic) bond motifs is 1. The third-order valence-corrected chi connectivity index (χ3v) is 3.35. The van der Waals surface area contributed by atoms with E-state index >= 15 is 0 Å². The van der Waals surface area contributed by atoms with Crippen molar-refractivity contribution in [2.45, 2.75) is 25.8 Å². The van der Waals surface area contributed by atoms with Crippen LogP contribution in [0.4, 0.5) is 5.82 Å². The first kappa shape index (κ1) is 12.4. The first-order valence-corrected chi connectivity index (χ1v) is 6.50. The molecular weight excluding hydrogens is 254 g/mol. The lowest BCUT2D eigenvalue weighted by molar-refractivity contribution is 0.102. The van der Waals surface area contributed by atoms with Gasteiger partial charge in [0.2, 0.25) is 0 Å². The van der Waals surface area contributed by atoms with E-state index in [9.17, 15) is 4.79 Å². The fourth-order valence-corrected chi connectivity index (χ4v) is 2.30. The molecule has 0 atom stereocenters. The van der Waals surface area contributed by atoms with Gasteiger partial charge in [0.25, 0.3) is 5.91 Å². The number of aryl methyl sites for hydroxylation is 1. The molecule has 2 aromatic heterocycles. The molecular formula is C14H13N5O. The van der Waals surface area contributed by atoms with Gasteiger partial charge in [-0.15, -0.1) is 0 Å². The zero-order chi connectivity index (χ0) is 13.9. The zero-order valence-corrected chi connectivity index (χ0v) is 10.8. The number of amides is 1. The molecule has 3 rings (SSSR count). The van der Waals surface area contributed by atoms with Crippen LogP contribution in [-0.2, 0) is 13.0 Å². The molecule has 1 N–H and O–H groups in total. The predicted octanol–water partition coefficient (Wildman–Crippen LogP) is 1.74. The molecule has 0 unspecified atom stereocenters. The Morgan fingerprint density at radius 1 is 1.30 bits per heavy atom. The summed E-state index contributed by atoms with van der Waals surface area (Å²) < 4.78 is 2.04. The quantitative estimate of drug-likeness (QED) is 0.898. The second kappa shape index (κ2) is 5.13. The largest absolute Gasteiger partial charge is 0.315 e. The predicted molar refractivity (Wildman–Crippen MR) is 72.1 cm³/mol. The Bertz CT molecular complexity index is 681. The molecule has 0 aromatic carbocycles. The Hall–Kier alpha value is -2.68. The standard InChI is InChI=1S/C14H13N5O/c15-7-11-5-4-10(8-16-11)14(20)18-13-9-17-12-3-1-2-6-19(12)13/h4-5,8-9H,1-3,6H2,(H,18,20). The molecule has 0 saturated heterocycles. The lowest BCUT2D eigenvalue weighted by atomic mass is 10.2. The number of aromatic nitrogens is 3. The van der Waals surface area contributed by atoms with E-state index in [0.29, 0.717) is 17.1 Å². The number of nitrogens with zero attached hydrogens (tertiary/aromatic N) is 4. The fraction of sp³-hybridized carbons (Fsp3) is 0.286. The van der Waals surface area contributed by atoms with Crippen LogP contribution in [0.15, 0.2) is 24.5 Å². The third kappa shape index (κ3) is 2.26. The molecule has 6 heteroatoms. The van der Waals surface area contributed by atoms with Gasteiger partial charge in [0, 0.05) is 19.2 Å². The first-order chi connectivity index (χ1) is 9.78. The molecule has 0 fully saturated rings. The fourth-order valence-electron chi connectivity index (χ4n) is 2.30. The summed E-state index contributed by atoms with van der Waals surface area (Å²) in [5.41, 5.74) is 0.721. The lowest BCUT2D eigenvalue weighted by Gasteiger charge is -2.16. The molecule has 0 bridgehead atoms. The van der Waals surface area contributed by atoms with Gasteiger partial charge in [0.1, 0.15) is 23.4 Å². The van der Waals surface area contributed by atoms with E-state index in [0.717, 1.165) is 31.6 Å². The monoisotopic (exact) mass is 267 g/mol. The van der Waals surface area contributed by atoms with Crippen molar-refractivity contribution < 1.29 is 4.79 Å². The maximum absolute atomic E-state index is 12.1. The van der Waals surface area contributed by atoms with Gasteiger partial charge in [-0.25, -0.2) is 9.97 Å². The number of hydrogen-bond donors (Lipinski definition) is 1. The van der Waals surface area contributed by atoms with Crippen LogP contribution >= 0.6 is 0 Å². The Labute approximate surface area is 116 Å². The molecule has 0 saturated carbocycles. The summed E-state index contributed by atoms with van der Waals surface area (Å²) in [5.74, 6) is 1.49. The Kier molecular flexibility index (Phi) is 3.17. The minimum Gasteiger partial charge on any atom is -0.315 e. The summed E-state index contributed by atoms with van der Waals surface area (Å²) in [6, 6.07) is 5.04. The number of pyridine rings is 1. The molecule has 20 heavy (non-hydrogen) atoms. The van der Waals surface area contributed by atoms with Crippen molar-refractivity contribution in [3.05, 3.63) is 41.6 Å². The maximum Gasteiger partial charge on any atom is 0.258 e. The number of imidazole rings is 1. The van der Waals surface area contributed by atoms with Crippen LogP contribution in [0.2, 0.25) is 0 Å². The van der Waals surface area contributed by atoms with E-state index in [-0.39, 0.29) is 5.91 Å². The van der Waals surface area contributed by atoms with Crippen molar-refractivity contribution in [2.75, 3.05) is 5.32 Å². The lowest BCUT2D eigenvalue weighted by Crippen LogP contribution is -2.18. The normalized spacial score (nSPS) is 13.3. The highest BCUT2D eigenvalue weighted by atomic mass is 16.1. The van der Waals surface area contributed by atoms with Crippen LogP contribution in [0, 0.1) is 11.3 Å². The van der Waals surface area contributed by atoms with E-state index in [1.807, 2.05) is 10.6 Å². The number of carbonyl (C=O) groups is 1. The smallest absolute Gasteiger partial charge is 0.258 e. The topological polar surface area (TPSA) is 83.6 Å². The molecule has 2 aromatic rings. The van der Waals surface area contributed by atoms with Crippen LogP contribution in [0.5, 0.6) is 0 Å². The van der Waals surface area contributed by atoms with E-state index in [2.05, 4.69) is 15.3 Å². The van der Waals surface area contributed by atoms with E-state index < -0.39 is 0 Å². The van der Waals surface area contributed by atoms with E-state index in [1.165, 1.54) is 12.3 Å². The van der Waals surface area contributed by atoms with Crippen molar-refractivity contribution in [3.8, 4) is 6.07 Å². The van der Waals surface area contributed by atoms with Crippen molar-refractivity contribution in [1.82, 2.24) is 14.5 Å². The average Bonchev–Trinajstić information content (AvgIpc) is 2.91. The number of nitriles is 1. The van der Waals surface area contributed by atoms with Crippen molar-refractivity contribution in [3.63, 3.8) is 0 Å². The molecule has 100 valence electrons. The first-order valence-electron chi connectivity index (χ1n) is 6.50. The molecule has 0 spiro atoms. The minimum atomic E-state index is -0.240. The van der Waals surface area contributed by atoms with Crippen LogP contribution in [0.1, 0.15) is 34.7 Å². The Morgan fingerprint density at radius 3 is 2.95 bits per heavy atom. The summed E-state index contributed by atoms with van der Waals surface area (Å²) in [5, 5.41) is 11.5. The van der Waals surface area contributed by atoms with E-state index in [1.54, 1.807) is 12.3 Å². The molecule has 1 aliphatic rings. The summed E-state index contributed by atoms with van der Waals surface area (Å²) in [6.07, 6.45) is 6.29. The Balaban J connectivity index is 1.78. The molecule has 6 nitrogen and oxygen atoms in total. The highest BCUT2D eigenvalue weighted by Gasteiger charge is 2.16. The molecule has 0 aliphatic carbocycles. The number of hydrogen-bond acceptors (Lipinski definition) is 4. The molecule has 1 aliphatic heterocycles. The molecule has 1 amide bonds. The highest BCUT2D eigenvalue weighted by Crippen LogP contribution is 2.20. The maximum atomic E-state index is 12.1. The summed E-state index contributed by atoms with van der Waals surface area (Å²) in [7, 11) is 0. The molecule has 3 heterocycles. The van der Waals surface area contributed by atoms with Gasteiger partial charge in [0.05, 0.1) is 11.8 Å². The van der Waals surface area contributed by atoms with Crippen molar-refractivity contribution in [1.29, 1.82) is 5.26 Å². The van der Waals surface area contributed by atoms with Crippen molar-refractivity contribution in [2.24, 2.45) is 0 Å². The number of carbonyl (C=O) groups excluding carboxylic acids is 1. The van der Waals surface area contributed by atoms with Gasteiger partial charge in [-0.05, 0) is 25.0 Å². The van der Waals surface area contributed by atoms with Gasteiger partial charge < -0.3 is 9.88 Å². The van der Waals surface area contributed by atoms with Crippen LogP contribution in [0.3, 0.4) is 0 Å². The van der Waals surface area contributed by atoms with E-state index in [4.69, 9.17) is 5.26 Å². The number of rotatable bonds is 2. The van der Waals surface area contributed by atoms with Gasteiger partial charge in [0.15, 0.2) is 0 Å². The SMILES string of the molecule is N#Cc1ccc(C(=O)Nc2cnc3n2CCCC3)cn1. The van der Waals surface area contributed by atoms with Gasteiger partial charge in [-0.3, -0.25) is 4.79 Å². The third-order valence-electron chi connectivity index (χ3n) is 3.35. The highest BCUT2D eigenvalue weighted by molar-refractivity contribution is 6.03. The van der Waals surface area contributed by atoms with Crippen molar-refractivity contribution >= 4 is 11.7 Å². The zero-order valence-electron chi connectivity index (χ0n) is 10.8.